The van der Waals surface area contributed by atoms with Crippen LogP contribution in [0.4, 0.5) is 5.82 Å². The lowest BCUT2D eigenvalue weighted by Gasteiger charge is -2.33. The van der Waals surface area contributed by atoms with Crippen molar-refractivity contribution >= 4 is 17.2 Å². The minimum absolute atomic E-state index is 0.0989. The van der Waals surface area contributed by atoms with Crippen LogP contribution in [0.15, 0.2) is 30.7 Å². The first-order valence-electron chi connectivity index (χ1n) is 8.46. The molecule has 0 radical (unpaired) electrons. The molecule has 25 heavy (non-hydrogen) atoms. The first kappa shape index (κ1) is 15.6. The van der Waals surface area contributed by atoms with Gasteiger partial charge in [-0.1, -0.05) is 0 Å². The molecule has 0 aliphatic carbocycles. The summed E-state index contributed by atoms with van der Waals surface area (Å²) in [5.74, 6) is 0.850. The second-order valence-corrected chi connectivity index (χ2v) is 6.44. The van der Waals surface area contributed by atoms with E-state index in [0.717, 1.165) is 43.0 Å². The van der Waals surface area contributed by atoms with Crippen LogP contribution in [0.2, 0.25) is 0 Å². The highest BCUT2D eigenvalue weighted by atomic mass is 16.2. The van der Waals surface area contributed by atoms with Gasteiger partial charge in [0.05, 0.1) is 6.20 Å². The number of carbonyl (C=O) groups is 1. The monoisotopic (exact) mass is 339 g/mol. The number of carbonyl (C=O) groups excluding carboxylic acids is 1. The third kappa shape index (κ3) is 2.95. The van der Waals surface area contributed by atoms with Crippen molar-refractivity contribution < 1.29 is 4.79 Å². The van der Waals surface area contributed by atoms with Crippen LogP contribution in [-0.4, -0.2) is 49.4 Å². The lowest BCUT2D eigenvalue weighted by atomic mass is 10.0. The maximum Gasteiger partial charge on any atom is 0.272 e. The van der Waals surface area contributed by atoms with Crippen molar-refractivity contribution in [2.24, 2.45) is 7.05 Å². The molecule has 3 aromatic rings. The quantitative estimate of drug-likeness (QED) is 0.775. The molecule has 1 aliphatic rings. The maximum absolute atomic E-state index is 12.3. The molecule has 130 valence electrons. The summed E-state index contributed by atoms with van der Waals surface area (Å²) in [6, 6.07) is 3.95. The van der Waals surface area contributed by atoms with Gasteiger partial charge in [0.15, 0.2) is 5.82 Å². The third-order valence-electron chi connectivity index (χ3n) is 4.78. The van der Waals surface area contributed by atoms with Crippen molar-refractivity contribution in [3.63, 3.8) is 0 Å². The van der Waals surface area contributed by atoms with Crippen LogP contribution in [0.5, 0.6) is 0 Å². The molecule has 0 unspecified atom stereocenters. The van der Waals surface area contributed by atoms with Gasteiger partial charge in [-0.05, 0) is 31.9 Å². The fourth-order valence-electron chi connectivity index (χ4n) is 3.25. The van der Waals surface area contributed by atoms with Crippen LogP contribution in [-0.2, 0) is 7.05 Å². The average molecular weight is 339 g/mol. The number of aromatic nitrogens is 5. The van der Waals surface area contributed by atoms with E-state index < -0.39 is 0 Å². The molecule has 1 saturated heterocycles. The van der Waals surface area contributed by atoms with Gasteiger partial charge in [-0.25, -0.2) is 9.50 Å². The Hall–Kier alpha value is -2.90. The van der Waals surface area contributed by atoms with E-state index in [1.807, 2.05) is 36.8 Å². The smallest absolute Gasteiger partial charge is 0.272 e. The SMILES string of the molecule is Cc1cc(C(=O)NC2CCN(c3nccn4nccc34)CC2)nn1C. The molecule has 0 bridgehead atoms. The Kier molecular flexibility index (Phi) is 3.87. The third-order valence-corrected chi connectivity index (χ3v) is 4.78. The topological polar surface area (TPSA) is 80.3 Å². The number of nitrogens with zero attached hydrogens (tertiary/aromatic N) is 6. The number of nitrogens with one attached hydrogen (secondary N) is 1. The van der Waals surface area contributed by atoms with Crippen LogP contribution >= 0.6 is 0 Å². The van der Waals surface area contributed by atoms with E-state index >= 15 is 0 Å². The van der Waals surface area contributed by atoms with E-state index in [9.17, 15) is 4.79 Å². The number of amides is 1. The molecule has 1 amide bonds. The molecule has 8 heteroatoms. The summed E-state index contributed by atoms with van der Waals surface area (Å²) in [6.45, 7) is 3.64. The lowest BCUT2D eigenvalue weighted by molar-refractivity contribution is 0.0925. The molecule has 3 aromatic heterocycles. The Balaban J connectivity index is 1.40. The molecular weight excluding hydrogens is 318 g/mol. The normalized spacial score (nSPS) is 15.7. The minimum Gasteiger partial charge on any atom is -0.355 e. The maximum atomic E-state index is 12.3. The van der Waals surface area contributed by atoms with E-state index in [1.165, 1.54) is 0 Å². The highest BCUT2D eigenvalue weighted by molar-refractivity contribution is 5.92. The molecule has 1 N–H and O–H groups in total. The Bertz CT molecular complexity index is 885. The summed E-state index contributed by atoms with van der Waals surface area (Å²) < 4.78 is 3.55. The molecule has 0 spiro atoms. The van der Waals surface area contributed by atoms with E-state index in [1.54, 1.807) is 17.1 Å². The number of hydrogen-bond donors (Lipinski definition) is 1. The Morgan fingerprint density at radius 2 is 2.08 bits per heavy atom. The van der Waals surface area contributed by atoms with E-state index in [4.69, 9.17) is 0 Å². The number of aryl methyl sites for hydroxylation is 2. The predicted molar refractivity (Wildman–Crippen MR) is 93.6 cm³/mol. The van der Waals surface area contributed by atoms with Gasteiger partial charge in [-0.2, -0.15) is 10.2 Å². The summed E-state index contributed by atoms with van der Waals surface area (Å²) in [7, 11) is 1.84. The number of hydrogen-bond acceptors (Lipinski definition) is 5. The molecule has 1 aliphatic heterocycles. The van der Waals surface area contributed by atoms with Crippen LogP contribution < -0.4 is 10.2 Å². The molecule has 4 heterocycles. The van der Waals surface area contributed by atoms with Gasteiger partial charge in [0.1, 0.15) is 11.2 Å². The van der Waals surface area contributed by atoms with Crippen molar-refractivity contribution in [1.29, 1.82) is 0 Å². The molecule has 1 fully saturated rings. The van der Waals surface area contributed by atoms with Crippen molar-refractivity contribution in [2.45, 2.75) is 25.8 Å². The second kappa shape index (κ2) is 6.19. The van der Waals surface area contributed by atoms with E-state index in [0.29, 0.717) is 5.69 Å². The number of fused-ring (bicyclic) bond motifs is 1. The number of piperidine rings is 1. The highest BCUT2D eigenvalue weighted by Gasteiger charge is 2.24. The zero-order valence-corrected chi connectivity index (χ0v) is 14.4. The number of anilines is 1. The first-order chi connectivity index (χ1) is 12.1. The zero-order chi connectivity index (χ0) is 17.4. The lowest BCUT2D eigenvalue weighted by Crippen LogP contribution is -2.45. The van der Waals surface area contributed by atoms with E-state index in [-0.39, 0.29) is 11.9 Å². The summed E-state index contributed by atoms with van der Waals surface area (Å²) >= 11 is 0. The predicted octanol–water partition coefficient (Wildman–Crippen LogP) is 1.17. The standard InChI is InChI=1S/C17H21N7O/c1-12-11-14(21-22(12)2)17(25)20-13-4-8-23(9-5-13)16-15-3-6-19-24(15)10-7-18-16/h3,6-7,10-11,13H,4-5,8-9H2,1-2H3,(H,20,25). The summed E-state index contributed by atoms with van der Waals surface area (Å²) in [6.07, 6.45) is 7.17. The molecule has 4 rings (SSSR count). The Labute approximate surface area is 145 Å². The fourth-order valence-corrected chi connectivity index (χ4v) is 3.25. The summed E-state index contributed by atoms with van der Waals surface area (Å²) in [5, 5.41) is 11.6. The first-order valence-corrected chi connectivity index (χ1v) is 8.46. The Morgan fingerprint density at radius 1 is 1.28 bits per heavy atom. The molecular formula is C17H21N7O. The van der Waals surface area contributed by atoms with Crippen LogP contribution in [0.3, 0.4) is 0 Å². The largest absolute Gasteiger partial charge is 0.355 e. The summed E-state index contributed by atoms with van der Waals surface area (Å²) in [4.78, 5) is 19.1. The average Bonchev–Trinajstić information content (AvgIpc) is 3.22. The van der Waals surface area contributed by atoms with Gasteiger partial charge in [-0.15, -0.1) is 0 Å². The van der Waals surface area contributed by atoms with E-state index in [2.05, 4.69) is 25.4 Å². The molecule has 0 aromatic carbocycles. The molecule has 8 nitrogen and oxygen atoms in total. The van der Waals surface area contributed by atoms with Gasteiger partial charge in [0.2, 0.25) is 0 Å². The van der Waals surface area contributed by atoms with Crippen LogP contribution in [0.1, 0.15) is 29.0 Å². The van der Waals surface area contributed by atoms with Gasteiger partial charge in [-0.3, -0.25) is 9.48 Å². The van der Waals surface area contributed by atoms with Crippen LogP contribution in [0.25, 0.3) is 5.52 Å². The van der Waals surface area contributed by atoms with Gasteiger partial charge in [0, 0.05) is 44.3 Å². The second-order valence-electron chi connectivity index (χ2n) is 6.44. The molecule has 0 atom stereocenters. The zero-order valence-electron chi connectivity index (χ0n) is 14.4. The van der Waals surface area contributed by atoms with Crippen molar-refractivity contribution in [3.05, 3.63) is 42.1 Å². The van der Waals surface area contributed by atoms with Crippen LogP contribution in [0, 0.1) is 6.92 Å². The minimum atomic E-state index is -0.0989. The fraction of sp³-hybridized carbons (Fsp3) is 0.412. The summed E-state index contributed by atoms with van der Waals surface area (Å²) in [5.41, 5.74) is 2.46. The van der Waals surface area contributed by atoms with Gasteiger partial charge < -0.3 is 10.2 Å². The molecule has 0 saturated carbocycles. The highest BCUT2D eigenvalue weighted by Crippen LogP contribution is 2.22. The van der Waals surface area contributed by atoms with Crippen molar-refractivity contribution in [1.82, 2.24) is 29.7 Å². The number of rotatable bonds is 3. The van der Waals surface area contributed by atoms with Gasteiger partial charge >= 0.3 is 0 Å². The Morgan fingerprint density at radius 3 is 2.80 bits per heavy atom. The van der Waals surface area contributed by atoms with Crippen molar-refractivity contribution in [3.8, 4) is 0 Å². The van der Waals surface area contributed by atoms with Crippen molar-refractivity contribution in [2.75, 3.05) is 18.0 Å². The van der Waals surface area contributed by atoms with Gasteiger partial charge in [0.25, 0.3) is 5.91 Å².